The number of carbonyl (C=O) groups excluding carboxylic acids is 1. The minimum atomic E-state index is -3.38. The number of halogens is 1. The number of nitrogens with zero attached hydrogens (tertiary/aromatic N) is 2. The first-order chi connectivity index (χ1) is 10.9. The molecule has 8 heteroatoms. The Kier molecular flexibility index (Phi) is 6.09. The highest BCUT2D eigenvalue weighted by Gasteiger charge is 2.26. The molecule has 0 atom stereocenters. The van der Waals surface area contributed by atoms with E-state index in [1.54, 1.807) is 0 Å². The van der Waals surface area contributed by atoms with Gasteiger partial charge in [0, 0.05) is 38.3 Å². The van der Waals surface area contributed by atoms with Crippen LogP contribution in [0, 0.1) is 5.82 Å². The Balaban J connectivity index is 1.82. The van der Waals surface area contributed by atoms with Crippen molar-refractivity contribution in [3.8, 4) is 0 Å². The standard InChI is InChI=1S/C15H22FN3O3S/c1-2-18-7-9-19(10-8-18)23(21,22)11-6-17-15(20)13-4-3-5-14(16)12-13/h3-5,12H,2,6-11H2,1H3,(H,17,20). The molecule has 1 heterocycles. The molecule has 23 heavy (non-hydrogen) atoms. The van der Waals surface area contributed by atoms with Crippen molar-refractivity contribution in [3.05, 3.63) is 35.6 Å². The van der Waals surface area contributed by atoms with Crippen LogP contribution in [0.25, 0.3) is 0 Å². The summed E-state index contributed by atoms with van der Waals surface area (Å²) >= 11 is 0. The number of carbonyl (C=O) groups is 1. The number of rotatable bonds is 6. The van der Waals surface area contributed by atoms with Gasteiger partial charge in [0.05, 0.1) is 5.75 Å². The fourth-order valence-electron chi connectivity index (χ4n) is 2.48. The molecule has 1 saturated heterocycles. The van der Waals surface area contributed by atoms with Crippen molar-refractivity contribution >= 4 is 15.9 Å². The Labute approximate surface area is 136 Å². The van der Waals surface area contributed by atoms with E-state index in [2.05, 4.69) is 10.2 Å². The predicted octanol–water partition coefficient (Wildman–Crippen LogP) is 0.523. The molecular weight excluding hydrogens is 321 g/mol. The van der Waals surface area contributed by atoms with E-state index in [0.717, 1.165) is 25.7 Å². The molecular formula is C15H22FN3O3S. The second-order valence-corrected chi connectivity index (χ2v) is 7.50. The molecule has 1 aliphatic heterocycles. The van der Waals surface area contributed by atoms with E-state index in [-0.39, 0.29) is 17.9 Å². The number of likely N-dealkylation sites (N-methyl/N-ethyl adjacent to an activating group) is 1. The number of amides is 1. The van der Waals surface area contributed by atoms with Crippen molar-refractivity contribution in [1.82, 2.24) is 14.5 Å². The molecule has 1 aromatic carbocycles. The smallest absolute Gasteiger partial charge is 0.251 e. The lowest BCUT2D eigenvalue weighted by Gasteiger charge is -2.33. The number of sulfonamides is 1. The largest absolute Gasteiger partial charge is 0.351 e. The van der Waals surface area contributed by atoms with E-state index in [4.69, 9.17) is 0 Å². The number of hydrogen-bond acceptors (Lipinski definition) is 4. The second-order valence-electron chi connectivity index (χ2n) is 5.42. The third kappa shape index (κ3) is 4.98. The van der Waals surface area contributed by atoms with Crippen molar-refractivity contribution in [2.45, 2.75) is 6.92 Å². The first-order valence-corrected chi connectivity index (χ1v) is 9.27. The van der Waals surface area contributed by atoms with Gasteiger partial charge in [0.1, 0.15) is 5.82 Å². The van der Waals surface area contributed by atoms with Gasteiger partial charge in [0.15, 0.2) is 0 Å². The average Bonchev–Trinajstić information content (AvgIpc) is 2.54. The monoisotopic (exact) mass is 343 g/mol. The summed E-state index contributed by atoms with van der Waals surface area (Å²) in [5, 5.41) is 2.52. The van der Waals surface area contributed by atoms with Gasteiger partial charge in [-0.25, -0.2) is 12.8 Å². The number of benzene rings is 1. The minimum Gasteiger partial charge on any atom is -0.351 e. The molecule has 1 N–H and O–H groups in total. The second kappa shape index (κ2) is 7.85. The normalized spacial score (nSPS) is 17.1. The van der Waals surface area contributed by atoms with Crippen LogP contribution in [-0.4, -0.2) is 68.6 Å². The molecule has 2 rings (SSSR count). The zero-order chi connectivity index (χ0) is 16.9. The maximum Gasteiger partial charge on any atom is 0.251 e. The molecule has 6 nitrogen and oxygen atoms in total. The van der Waals surface area contributed by atoms with Gasteiger partial charge in [0.2, 0.25) is 10.0 Å². The van der Waals surface area contributed by atoms with Crippen LogP contribution in [0.15, 0.2) is 24.3 Å². The van der Waals surface area contributed by atoms with E-state index >= 15 is 0 Å². The van der Waals surface area contributed by atoms with Crippen LogP contribution in [-0.2, 0) is 10.0 Å². The summed E-state index contributed by atoms with van der Waals surface area (Å²) in [5.74, 6) is -1.13. The fraction of sp³-hybridized carbons (Fsp3) is 0.533. The Morgan fingerprint density at radius 1 is 1.26 bits per heavy atom. The predicted molar refractivity (Wildman–Crippen MR) is 86.2 cm³/mol. The van der Waals surface area contributed by atoms with Crippen LogP contribution in [0.1, 0.15) is 17.3 Å². The van der Waals surface area contributed by atoms with Crippen LogP contribution in [0.4, 0.5) is 4.39 Å². The van der Waals surface area contributed by atoms with Gasteiger partial charge < -0.3 is 10.2 Å². The molecule has 1 amide bonds. The number of nitrogens with one attached hydrogen (secondary N) is 1. The summed E-state index contributed by atoms with van der Waals surface area (Å²) in [5.41, 5.74) is 0.180. The van der Waals surface area contributed by atoms with Gasteiger partial charge in [-0.05, 0) is 24.7 Å². The third-order valence-electron chi connectivity index (χ3n) is 3.90. The molecule has 0 unspecified atom stereocenters. The lowest BCUT2D eigenvalue weighted by Crippen LogP contribution is -2.49. The zero-order valence-electron chi connectivity index (χ0n) is 13.2. The van der Waals surface area contributed by atoms with E-state index in [1.807, 2.05) is 6.92 Å². The van der Waals surface area contributed by atoms with Crippen molar-refractivity contribution in [3.63, 3.8) is 0 Å². The first-order valence-electron chi connectivity index (χ1n) is 7.66. The number of hydrogen-bond donors (Lipinski definition) is 1. The molecule has 1 aliphatic rings. The summed E-state index contributed by atoms with van der Waals surface area (Å²) in [7, 11) is -3.38. The highest BCUT2D eigenvalue weighted by atomic mass is 32.2. The van der Waals surface area contributed by atoms with Crippen molar-refractivity contribution in [2.75, 3.05) is 45.0 Å². The topological polar surface area (TPSA) is 69.7 Å². The maximum atomic E-state index is 13.1. The molecule has 0 spiro atoms. The summed E-state index contributed by atoms with van der Waals surface area (Å²) in [6.07, 6.45) is 0. The van der Waals surface area contributed by atoms with Crippen molar-refractivity contribution < 1.29 is 17.6 Å². The van der Waals surface area contributed by atoms with E-state index in [9.17, 15) is 17.6 Å². The maximum absolute atomic E-state index is 13.1. The molecule has 1 fully saturated rings. The Morgan fingerprint density at radius 3 is 2.57 bits per heavy atom. The van der Waals surface area contributed by atoms with Crippen LogP contribution in [0.2, 0.25) is 0 Å². The third-order valence-corrected chi connectivity index (χ3v) is 5.78. The number of piperazine rings is 1. The molecule has 0 bridgehead atoms. The van der Waals surface area contributed by atoms with Crippen LogP contribution in [0.3, 0.4) is 0 Å². The summed E-state index contributed by atoms with van der Waals surface area (Å²) in [6.45, 7) is 5.38. The lowest BCUT2D eigenvalue weighted by atomic mass is 10.2. The Morgan fingerprint density at radius 2 is 1.96 bits per heavy atom. The van der Waals surface area contributed by atoms with Gasteiger partial charge in [-0.2, -0.15) is 4.31 Å². The molecule has 0 aromatic heterocycles. The molecule has 128 valence electrons. The minimum absolute atomic E-state index is 0.00563. The molecule has 0 radical (unpaired) electrons. The van der Waals surface area contributed by atoms with Crippen molar-refractivity contribution in [1.29, 1.82) is 0 Å². The van der Waals surface area contributed by atoms with Crippen molar-refractivity contribution in [2.24, 2.45) is 0 Å². The fourth-order valence-corrected chi connectivity index (χ4v) is 3.82. The van der Waals surface area contributed by atoms with E-state index < -0.39 is 21.7 Å². The SMILES string of the molecule is CCN1CCN(S(=O)(=O)CCNC(=O)c2cccc(F)c2)CC1. The Bertz CT molecular complexity index is 643. The molecule has 0 saturated carbocycles. The van der Waals surface area contributed by atoms with Gasteiger partial charge in [0.25, 0.3) is 5.91 Å². The zero-order valence-corrected chi connectivity index (χ0v) is 14.0. The summed E-state index contributed by atoms with van der Waals surface area (Å²) < 4.78 is 39.0. The quantitative estimate of drug-likeness (QED) is 0.818. The van der Waals surface area contributed by atoms with E-state index in [1.165, 1.54) is 22.5 Å². The highest BCUT2D eigenvalue weighted by molar-refractivity contribution is 7.89. The van der Waals surface area contributed by atoms with E-state index in [0.29, 0.717) is 13.1 Å². The van der Waals surface area contributed by atoms with Gasteiger partial charge in [-0.3, -0.25) is 4.79 Å². The van der Waals surface area contributed by atoms with Gasteiger partial charge >= 0.3 is 0 Å². The first kappa shape index (κ1) is 17.8. The molecule has 1 aromatic rings. The summed E-state index contributed by atoms with van der Waals surface area (Å²) in [4.78, 5) is 14.0. The lowest BCUT2D eigenvalue weighted by molar-refractivity contribution is 0.0955. The van der Waals surface area contributed by atoms with Crippen LogP contribution < -0.4 is 5.32 Å². The molecule has 0 aliphatic carbocycles. The van der Waals surface area contributed by atoms with Crippen LogP contribution in [0.5, 0.6) is 0 Å². The Hall–Kier alpha value is -1.51. The summed E-state index contributed by atoms with van der Waals surface area (Å²) in [6, 6.07) is 5.29. The average molecular weight is 343 g/mol. The van der Waals surface area contributed by atoms with Gasteiger partial charge in [-0.15, -0.1) is 0 Å². The van der Waals surface area contributed by atoms with Gasteiger partial charge in [-0.1, -0.05) is 13.0 Å². The van der Waals surface area contributed by atoms with Crippen LogP contribution >= 0.6 is 0 Å². The highest BCUT2D eigenvalue weighted by Crippen LogP contribution is 2.08.